The van der Waals surface area contributed by atoms with Gasteiger partial charge in [-0.2, -0.15) is 9.97 Å². The van der Waals surface area contributed by atoms with Crippen LogP contribution in [-0.2, 0) is 9.47 Å². The molecule has 13 heteroatoms. The Morgan fingerprint density at radius 1 is 1.00 bits per heavy atom. The number of ether oxygens (including phenoxy) is 4. The smallest absolute Gasteiger partial charge is 0.410 e. The lowest BCUT2D eigenvalue weighted by molar-refractivity contribution is 0.0122. The first-order chi connectivity index (χ1) is 30.9. The van der Waals surface area contributed by atoms with Crippen LogP contribution in [0.1, 0.15) is 106 Å². The van der Waals surface area contributed by atoms with E-state index in [4.69, 9.17) is 33.9 Å². The van der Waals surface area contributed by atoms with Crippen LogP contribution < -0.4 is 14.4 Å². The average molecular weight is 903 g/mol. The first kappa shape index (κ1) is 45.4. The third kappa shape index (κ3) is 7.85. The van der Waals surface area contributed by atoms with E-state index in [1.165, 1.54) is 18.4 Å². The number of nitrogens with zero attached hydrogens (tertiary/aromatic N) is 6. The summed E-state index contributed by atoms with van der Waals surface area (Å²) in [7, 11) is -0.551. The summed E-state index contributed by atoms with van der Waals surface area (Å²) in [5.74, 6) is 4.16. The minimum absolute atomic E-state index is 0.0252. The van der Waals surface area contributed by atoms with Gasteiger partial charge < -0.3 is 23.8 Å². The Morgan fingerprint density at radius 3 is 2.35 bits per heavy atom. The minimum atomic E-state index is -2.13. The summed E-state index contributed by atoms with van der Waals surface area (Å²) in [6.07, 6.45) is 7.42. The maximum absolute atomic E-state index is 18.0. The van der Waals surface area contributed by atoms with Gasteiger partial charge >= 0.3 is 12.1 Å². The second-order valence-electron chi connectivity index (χ2n) is 21.5. The Bertz CT molecular complexity index is 2560. The number of hydrogen-bond acceptors (Lipinski definition) is 10. The number of hydrogen-bond donors (Lipinski definition) is 0. The topological polar surface area (TPSA) is 102 Å². The number of rotatable bonds is 11. The fourth-order valence-corrected chi connectivity index (χ4v) is 17.7. The van der Waals surface area contributed by atoms with Gasteiger partial charge in [-0.3, -0.25) is 14.8 Å². The van der Waals surface area contributed by atoms with Crippen molar-refractivity contribution >= 4 is 41.7 Å². The van der Waals surface area contributed by atoms with E-state index in [2.05, 4.69) is 69.4 Å². The van der Waals surface area contributed by atoms with Crippen LogP contribution in [0.5, 0.6) is 11.8 Å². The second kappa shape index (κ2) is 16.8. The van der Waals surface area contributed by atoms with Gasteiger partial charge in [0.15, 0.2) is 12.6 Å². The number of aromatic nitrogens is 3. The number of carbonyl (C=O) groups excluding carboxylic acids is 1. The van der Waals surface area contributed by atoms with Crippen LogP contribution in [0.4, 0.5) is 15.0 Å². The highest BCUT2D eigenvalue weighted by Crippen LogP contribution is 2.66. The molecule has 5 aliphatic rings. The number of anilines is 1. The molecule has 2 aromatic carbocycles. The van der Waals surface area contributed by atoms with E-state index in [1.54, 1.807) is 13.3 Å². The van der Waals surface area contributed by atoms with Crippen molar-refractivity contribution in [3.63, 3.8) is 0 Å². The third-order valence-corrected chi connectivity index (χ3v) is 21.9. The molecule has 2 bridgehead atoms. The molecule has 1 saturated carbocycles. The van der Waals surface area contributed by atoms with Crippen molar-refractivity contribution < 1.29 is 28.1 Å². The summed E-state index contributed by atoms with van der Waals surface area (Å²) in [5, 5.41) is 2.13. The predicted molar refractivity (Wildman–Crippen MR) is 258 cm³/mol. The number of piperazine rings is 1. The zero-order valence-corrected chi connectivity index (χ0v) is 41.1. The largest absolute Gasteiger partial charge is 0.468 e. The standard InChI is InChI=1S/C52H67FN6O5Si/c1-32(2)65(33(3)4,34(5)6)22-17-36-13-12-14-37-23-40(63-31-61-11)24-41(43(36)37)45-44(53)46-42(26-54-45)47(57-28-38-15-16-39(29-57)59(38)49(60)64-50(8,9)10)56-48(55-46)62-30-52-25-35(7)27-58(52)21-20-51(52)18-19-51/h12-14,23-24,26,32-34,38-39H,7,15-16,18-21,25,27-31H2,1-6,8-11H3/t38-,39+,52?. The van der Waals surface area contributed by atoms with Gasteiger partial charge in [-0.05, 0) is 111 Å². The quantitative estimate of drug-likeness (QED) is 0.0626. The summed E-state index contributed by atoms with van der Waals surface area (Å²) >= 11 is 0. The Kier molecular flexibility index (Phi) is 11.8. The highest BCUT2D eigenvalue weighted by atomic mass is 28.3. The summed E-state index contributed by atoms with van der Waals surface area (Å²) in [6.45, 7) is 27.2. The molecular weight excluding hydrogens is 836 g/mol. The van der Waals surface area contributed by atoms with Crippen molar-refractivity contribution in [3.05, 3.63) is 60.1 Å². The summed E-state index contributed by atoms with van der Waals surface area (Å²) < 4.78 is 42.0. The van der Waals surface area contributed by atoms with E-state index >= 15 is 4.39 Å². The number of pyridine rings is 1. The second-order valence-corrected chi connectivity index (χ2v) is 27.0. The van der Waals surface area contributed by atoms with Crippen LogP contribution in [0, 0.1) is 22.7 Å². The van der Waals surface area contributed by atoms with E-state index in [9.17, 15) is 4.79 Å². The van der Waals surface area contributed by atoms with Crippen LogP contribution in [0.3, 0.4) is 0 Å². The van der Waals surface area contributed by atoms with Gasteiger partial charge in [0.1, 0.15) is 43.1 Å². The average Bonchev–Trinajstić information content (AvgIpc) is 3.81. The van der Waals surface area contributed by atoms with Crippen LogP contribution in [0.25, 0.3) is 32.9 Å². The normalized spacial score (nSPS) is 22.7. The van der Waals surface area contributed by atoms with Gasteiger partial charge in [-0.25, -0.2) is 9.18 Å². The maximum atomic E-state index is 18.0. The molecule has 0 radical (unpaired) electrons. The number of benzene rings is 2. The molecule has 65 heavy (non-hydrogen) atoms. The van der Waals surface area contributed by atoms with Gasteiger partial charge in [0.25, 0.3) is 0 Å². The zero-order chi connectivity index (χ0) is 46.2. The van der Waals surface area contributed by atoms with E-state index in [-0.39, 0.29) is 53.1 Å². The number of carbonyl (C=O) groups is 1. The van der Waals surface area contributed by atoms with Gasteiger partial charge in [0.2, 0.25) is 0 Å². The molecular formula is C52H67FN6O5Si. The van der Waals surface area contributed by atoms with Gasteiger partial charge in [-0.15, -0.1) is 5.54 Å². The monoisotopic (exact) mass is 902 g/mol. The Labute approximate surface area is 385 Å². The van der Waals surface area contributed by atoms with Crippen LogP contribution >= 0.6 is 0 Å². The molecule has 4 aromatic rings. The van der Waals surface area contributed by atoms with E-state index in [0.717, 1.165) is 55.1 Å². The predicted octanol–water partition coefficient (Wildman–Crippen LogP) is 10.7. The first-order valence-electron chi connectivity index (χ1n) is 23.8. The number of halogens is 1. The van der Waals surface area contributed by atoms with E-state index in [0.29, 0.717) is 58.8 Å². The highest BCUT2D eigenvalue weighted by Gasteiger charge is 2.67. The lowest BCUT2D eigenvalue weighted by atomic mass is 9.80. The SMILES string of the molecule is C=C1CN2CCC3(CC3)C2(COc2nc(N3C[C@H]4CC[C@@H](C3)N4C(=O)OC(C)(C)C)c3cnc(-c4cc(OCOC)cc5cccc(C#C[Si](C(C)C)(C(C)C)C(C)C)c45)c(F)c3n2)C1. The van der Waals surface area contributed by atoms with Crippen molar-refractivity contribution in [1.82, 2.24) is 24.8 Å². The molecule has 1 spiro atoms. The van der Waals surface area contributed by atoms with Crippen molar-refractivity contribution in [2.24, 2.45) is 5.41 Å². The minimum Gasteiger partial charge on any atom is -0.468 e. The van der Waals surface area contributed by atoms with Crippen molar-refractivity contribution in [3.8, 4) is 34.5 Å². The molecule has 2 aromatic heterocycles. The molecule has 6 heterocycles. The molecule has 0 N–H and O–H groups in total. The van der Waals surface area contributed by atoms with Crippen LogP contribution in [0.2, 0.25) is 16.6 Å². The lowest BCUT2D eigenvalue weighted by Gasteiger charge is -2.42. The highest BCUT2D eigenvalue weighted by molar-refractivity contribution is 6.90. The number of amides is 1. The van der Waals surface area contributed by atoms with Crippen LogP contribution in [-0.4, -0.2) is 109 Å². The molecule has 1 amide bonds. The third-order valence-electron chi connectivity index (χ3n) is 15.6. The molecule has 4 saturated heterocycles. The molecule has 9 rings (SSSR count). The van der Waals surface area contributed by atoms with Gasteiger partial charge in [-0.1, -0.05) is 71.7 Å². The molecule has 3 atom stereocenters. The van der Waals surface area contributed by atoms with Crippen molar-refractivity contribution in [1.29, 1.82) is 0 Å². The summed E-state index contributed by atoms with van der Waals surface area (Å²) in [5.41, 5.74) is 7.48. The Morgan fingerprint density at radius 2 is 1.71 bits per heavy atom. The van der Waals surface area contributed by atoms with Crippen molar-refractivity contribution in [2.45, 2.75) is 141 Å². The molecule has 4 aliphatic heterocycles. The van der Waals surface area contributed by atoms with Crippen LogP contribution in [0.15, 0.2) is 48.7 Å². The summed E-state index contributed by atoms with van der Waals surface area (Å²) in [6, 6.07) is 9.77. The first-order valence-corrected chi connectivity index (χ1v) is 26.0. The molecule has 11 nitrogen and oxygen atoms in total. The van der Waals surface area contributed by atoms with E-state index < -0.39 is 19.5 Å². The number of fused-ring (bicyclic) bond motifs is 6. The number of methoxy groups -OCH3 is 1. The fraction of sp³-hybridized carbons (Fsp3) is 0.577. The molecule has 1 aliphatic carbocycles. The van der Waals surface area contributed by atoms with Gasteiger partial charge in [0.05, 0.1) is 23.0 Å². The Hall–Kier alpha value is -4.77. The fourth-order valence-electron chi connectivity index (χ4n) is 12.5. The molecule has 5 fully saturated rings. The molecule has 1 unspecified atom stereocenters. The van der Waals surface area contributed by atoms with Gasteiger partial charge in [0, 0.05) is 49.5 Å². The lowest BCUT2D eigenvalue weighted by Crippen LogP contribution is -2.57. The Balaban J connectivity index is 1.19. The molecule has 346 valence electrons. The zero-order valence-electron chi connectivity index (χ0n) is 40.1. The maximum Gasteiger partial charge on any atom is 0.410 e. The van der Waals surface area contributed by atoms with E-state index in [1.807, 2.05) is 56.0 Å². The van der Waals surface area contributed by atoms with Crippen molar-refractivity contribution in [2.75, 3.05) is 51.6 Å². The summed E-state index contributed by atoms with van der Waals surface area (Å²) in [4.78, 5) is 35.1.